The predicted molar refractivity (Wildman–Crippen MR) is 129 cm³/mol. The molecule has 2 aromatic rings. The topological polar surface area (TPSA) is 71.0 Å². The Labute approximate surface area is 192 Å². The van der Waals surface area contributed by atoms with Crippen molar-refractivity contribution in [3.8, 4) is 5.75 Å². The number of hydrogen-bond acceptors (Lipinski definition) is 5. The van der Waals surface area contributed by atoms with Crippen molar-refractivity contribution in [1.29, 1.82) is 0 Å². The first-order valence-electron chi connectivity index (χ1n) is 11.7. The molecule has 3 rings (SSSR count). The lowest BCUT2D eigenvalue weighted by molar-refractivity contribution is 0.0392. The van der Waals surface area contributed by atoms with E-state index in [4.69, 9.17) is 14.5 Å². The van der Waals surface area contributed by atoms with Crippen LogP contribution in [0.4, 0.5) is 0 Å². The minimum atomic E-state index is 0.595. The molecule has 1 aliphatic rings. The highest BCUT2D eigenvalue weighted by atomic mass is 16.5. The number of hydrogen-bond donors (Lipinski definition) is 2. The fraction of sp³-hybridized carbons (Fsp3) is 0.520. The molecule has 0 atom stereocenters. The van der Waals surface area contributed by atoms with E-state index < -0.39 is 0 Å². The Morgan fingerprint density at radius 2 is 2.06 bits per heavy atom. The summed E-state index contributed by atoms with van der Waals surface area (Å²) in [6.07, 6.45) is 4.89. The minimum absolute atomic E-state index is 0.595. The van der Waals surface area contributed by atoms with E-state index in [1.54, 1.807) is 0 Å². The first-order chi connectivity index (χ1) is 15.7. The van der Waals surface area contributed by atoms with Crippen molar-refractivity contribution < 1.29 is 9.47 Å². The molecule has 7 heteroatoms. The molecule has 0 saturated carbocycles. The van der Waals surface area contributed by atoms with Crippen LogP contribution in [0, 0.1) is 0 Å². The van der Waals surface area contributed by atoms with Crippen LogP contribution in [-0.2, 0) is 17.7 Å². The Hall–Kier alpha value is -2.64. The Kier molecular flexibility index (Phi) is 10.3. The highest BCUT2D eigenvalue weighted by Crippen LogP contribution is 2.15. The normalized spacial score (nSPS) is 15.0. The summed E-state index contributed by atoms with van der Waals surface area (Å²) in [4.78, 5) is 11.5. The van der Waals surface area contributed by atoms with Gasteiger partial charge in [0, 0.05) is 57.2 Å². The summed E-state index contributed by atoms with van der Waals surface area (Å²) in [6, 6.07) is 14.8. The number of rotatable bonds is 11. The van der Waals surface area contributed by atoms with E-state index in [1.807, 2.05) is 36.5 Å². The third kappa shape index (κ3) is 8.48. The summed E-state index contributed by atoms with van der Waals surface area (Å²) in [5.41, 5.74) is 2.20. The van der Waals surface area contributed by atoms with Crippen molar-refractivity contribution in [2.45, 2.75) is 38.8 Å². The lowest BCUT2D eigenvalue weighted by atomic mass is 10.1. The van der Waals surface area contributed by atoms with Crippen LogP contribution in [0.2, 0.25) is 0 Å². The van der Waals surface area contributed by atoms with Gasteiger partial charge in [0.2, 0.25) is 0 Å². The van der Waals surface area contributed by atoms with Crippen molar-refractivity contribution in [2.24, 2.45) is 4.99 Å². The Morgan fingerprint density at radius 1 is 1.19 bits per heavy atom. The second kappa shape index (κ2) is 13.7. The molecule has 0 bridgehead atoms. The van der Waals surface area contributed by atoms with Crippen LogP contribution >= 0.6 is 0 Å². The standard InChI is InChI=1S/C25H37N5O2/c1-3-26-25(28-14-10-22-8-4-5-13-27-22)29-20-21-7-6-9-24(19-21)32-18-15-30(2)23-11-16-31-17-12-23/h4-9,13,19,23H,3,10-12,14-18,20H2,1-2H3,(H2,26,28,29). The van der Waals surface area contributed by atoms with E-state index in [2.05, 4.69) is 46.6 Å². The fourth-order valence-corrected chi connectivity index (χ4v) is 3.72. The third-order valence-electron chi connectivity index (χ3n) is 5.59. The van der Waals surface area contributed by atoms with Crippen LogP contribution < -0.4 is 15.4 Å². The van der Waals surface area contributed by atoms with E-state index in [-0.39, 0.29) is 0 Å². The molecule has 32 heavy (non-hydrogen) atoms. The van der Waals surface area contributed by atoms with Gasteiger partial charge in [-0.3, -0.25) is 9.88 Å². The number of aliphatic imine (C=N–C) groups is 1. The summed E-state index contributed by atoms with van der Waals surface area (Å²) in [5, 5.41) is 6.69. The van der Waals surface area contributed by atoms with Crippen molar-refractivity contribution in [2.75, 3.05) is 46.5 Å². The first-order valence-corrected chi connectivity index (χ1v) is 11.7. The van der Waals surface area contributed by atoms with Crippen molar-refractivity contribution in [3.05, 3.63) is 59.9 Å². The zero-order valence-corrected chi connectivity index (χ0v) is 19.4. The van der Waals surface area contributed by atoms with Gasteiger partial charge >= 0.3 is 0 Å². The average molecular weight is 440 g/mol. The quantitative estimate of drug-likeness (QED) is 0.414. The van der Waals surface area contributed by atoms with Crippen molar-refractivity contribution in [3.63, 3.8) is 0 Å². The predicted octanol–water partition coefficient (Wildman–Crippen LogP) is 2.87. The molecule has 0 unspecified atom stereocenters. The van der Waals surface area contributed by atoms with Gasteiger partial charge in [0.15, 0.2) is 5.96 Å². The largest absolute Gasteiger partial charge is 0.492 e. The molecular weight excluding hydrogens is 402 g/mol. The zero-order chi connectivity index (χ0) is 22.4. The van der Waals surface area contributed by atoms with Gasteiger partial charge in [-0.1, -0.05) is 18.2 Å². The van der Waals surface area contributed by atoms with Crippen LogP contribution in [0.25, 0.3) is 0 Å². The lowest BCUT2D eigenvalue weighted by Crippen LogP contribution is -2.38. The number of nitrogens with one attached hydrogen (secondary N) is 2. The zero-order valence-electron chi connectivity index (χ0n) is 19.4. The second-order valence-electron chi connectivity index (χ2n) is 8.01. The summed E-state index contributed by atoms with van der Waals surface area (Å²) in [5.74, 6) is 1.71. The molecule has 0 aliphatic carbocycles. The fourth-order valence-electron chi connectivity index (χ4n) is 3.72. The monoisotopic (exact) mass is 439 g/mol. The molecule has 2 N–H and O–H groups in total. The van der Waals surface area contributed by atoms with Gasteiger partial charge in [-0.2, -0.15) is 0 Å². The number of pyridine rings is 1. The van der Waals surface area contributed by atoms with Crippen LogP contribution in [0.1, 0.15) is 31.0 Å². The van der Waals surface area contributed by atoms with E-state index in [0.717, 1.165) is 75.1 Å². The van der Waals surface area contributed by atoms with Gasteiger partial charge < -0.3 is 20.1 Å². The van der Waals surface area contributed by atoms with Crippen LogP contribution in [0.3, 0.4) is 0 Å². The molecule has 0 spiro atoms. The van der Waals surface area contributed by atoms with Gasteiger partial charge in [0.1, 0.15) is 12.4 Å². The minimum Gasteiger partial charge on any atom is -0.492 e. The Balaban J connectivity index is 1.44. The van der Waals surface area contributed by atoms with Crippen molar-refractivity contribution in [1.82, 2.24) is 20.5 Å². The molecule has 1 aromatic carbocycles. The lowest BCUT2D eigenvalue weighted by Gasteiger charge is -2.31. The number of nitrogens with zero attached hydrogens (tertiary/aromatic N) is 3. The molecule has 174 valence electrons. The van der Waals surface area contributed by atoms with E-state index in [9.17, 15) is 0 Å². The molecule has 1 fully saturated rings. The van der Waals surface area contributed by atoms with Crippen molar-refractivity contribution >= 4 is 5.96 Å². The molecule has 1 aromatic heterocycles. The van der Waals surface area contributed by atoms with E-state index in [0.29, 0.717) is 19.2 Å². The summed E-state index contributed by atoms with van der Waals surface area (Å²) < 4.78 is 11.5. The summed E-state index contributed by atoms with van der Waals surface area (Å²) in [6.45, 7) is 7.60. The van der Waals surface area contributed by atoms with Gasteiger partial charge in [0.25, 0.3) is 0 Å². The molecule has 1 saturated heterocycles. The Bertz CT molecular complexity index is 809. The second-order valence-corrected chi connectivity index (χ2v) is 8.01. The highest BCUT2D eigenvalue weighted by molar-refractivity contribution is 5.79. The number of benzene rings is 1. The maximum absolute atomic E-state index is 6.02. The SMILES string of the molecule is CCNC(=NCc1cccc(OCCN(C)C2CCOCC2)c1)NCCc1ccccn1. The van der Waals surface area contributed by atoms with Gasteiger partial charge in [-0.05, 0) is 56.6 Å². The summed E-state index contributed by atoms with van der Waals surface area (Å²) >= 11 is 0. The van der Waals surface area contributed by atoms with Crippen LogP contribution in [-0.4, -0.2) is 68.4 Å². The Morgan fingerprint density at radius 3 is 2.84 bits per heavy atom. The van der Waals surface area contributed by atoms with Crippen LogP contribution in [0.5, 0.6) is 5.75 Å². The maximum Gasteiger partial charge on any atom is 0.191 e. The highest BCUT2D eigenvalue weighted by Gasteiger charge is 2.17. The van der Waals surface area contributed by atoms with Gasteiger partial charge in [0.05, 0.1) is 6.54 Å². The average Bonchev–Trinajstić information content (AvgIpc) is 2.84. The maximum atomic E-state index is 6.02. The molecule has 7 nitrogen and oxygen atoms in total. The molecule has 0 amide bonds. The van der Waals surface area contributed by atoms with Gasteiger partial charge in [-0.25, -0.2) is 4.99 Å². The number of aromatic nitrogens is 1. The van der Waals surface area contributed by atoms with Crippen LogP contribution in [0.15, 0.2) is 53.7 Å². The number of ether oxygens (including phenoxy) is 2. The third-order valence-corrected chi connectivity index (χ3v) is 5.59. The van der Waals surface area contributed by atoms with Gasteiger partial charge in [-0.15, -0.1) is 0 Å². The molecule has 1 aliphatic heterocycles. The smallest absolute Gasteiger partial charge is 0.191 e. The first kappa shape index (κ1) is 24.0. The number of likely N-dealkylation sites (N-methyl/N-ethyl adjacent to an activating group) is 1. The molecular formula is C25H37N5O2. The summed E-state index contributed by atoms with van der Waals surface area (Å²) in [7, 11) is 2.17. The van der Waals surface area contributed by atoms with E-state index >= 15 is 0 Å². The molecule has 2 heterocycles. The van der Waals surface area contributed by atoms with E-state index in [1.165, 1.54) is 0 Å². The number of guanidine groups is 1. The molecule has 0 radical (unpaired) electrons.